The zero-order valence-electron chi connectivity index (χ0n) is 11.7. The van der Waals surface area contributed by atoms with Crippen molar-refractivity contribution in [2.45, 2.75) is 18.6 Å². The van der Waals surface area contributed by atoms with Crippen LogP contribution in [0.2, 0.25) is 0 Å². The van der Waals surface area contributed by atoms with Gasteiger partial charge in [0.2, 0.25) is 0 Å². The number of carbonyl (C=O) groups is 1. The van der Waals surface area contributed by atoms with E-state index >= 15 is 0 Å². The molecule has 0 fully saturated rings. The first-order chi connectivity index (χ1) is 10.1. The van der Waals surface area contributed by atoms with Crippen molar-refractivity contribution >= 4 is 5.97 Å². The van der Waals surface area contributed by atoms with Gasteiger partial charge in [0.25, 0.3) is 0 Å². The van der Waals surface area contributed by atoms with E-state index in [1.165, 1.54) is 0 Å². The molecule has 21 heavy (non-hydrogen) atoms. The summed E-state index contributed by atoms with van der Waals surface area (Å²) in [6.45, 7) is -0.317. The molecule has 0 radical (unpaired) electrons. The number of carbonyl (C=O) groups excluding carboxylic acids is 1. The average Bonchev–Trinajstić information content (AvgIpc) is 2.54. The molecule has 0 aromatic heterocycles. The van der Waals surface area contributed by atoms with Crippen molar-refractivity contribution in [3.05, 3.63) is 71.8 Å². The molecule has 1 unspecified atom stereocenters. The third kappa shape index (κ3) is 4.15. The molecule has 0 saturated carbocycles. The van der Waals surface area contributed by atoms with Gasteiger partial charge in [-0.3, -0.25) is 0 Å². The predicted molar refractivity (Wildman–Crippen MR) is 80.4 cm³/mol. The lowest BCUT2D eigenvalue weighted by atomic mass is 9.93. The Morgan fingerprint density at radius 3 is 2.05 bits per heavy atom. The van der Waals surface area contributed by atoms with Crippen LogP contribution in [0.25, 0.3) is 0 Å². The van der Waals surface area contributed by atoms with Crippen LogP contribution in [0.1, 0.15) is 11.1 Å². The Labute approximate surface area is 124 Å². The molecule has 0 aliphatic heterocycles. The number of benzene rings is 2. The van der Waals surface area contributed by atoms with Gasteiger partial charge >= 0.3 is 5.97 Å². The van der Waals surface area contributed by atoms with Gasteiger partial charge in [0.15, 0.2) is 0 Å². The normalized spacial score (nSPS) is 13.4. The van der Waals surface area contributed by atoms with Crippen LogP contribution in [-0.2, 0) is 22.6 Å². The van der Waals surface area contributed by atoms with E-state index in [4.69, 9.17) is 10.5 Å². The predicted octanol–water partition coefficient (Wildman–Crippen LogP) is 1.66. The van der Waals surface area contributed by atoms with E-state index < -0.39 is 18.1 Å². The van der Waals surface area contributed by atoms with E-state index in [-0.39, 0.29) is 13.0 Å². The highest BCUT2D eigenvalue weighted by Gasteiger charge is 2.35. The summed E-state index contributed by atoms with van der Waals surface area (Å²) < 4.78 is 5.23. The topological polar surface area (TPSA) is 72.5 Å². The molecule has 2 aromatic rings. The minimum Gasteiger partial charge on any atom is -0.459 e. The largest absolute Gasteiger partial charge is 0.459 e. The summed E-state index contributed by atoms with van der Waals surface area (Å²) in [6, 6.07) is 18.7. The van der Waals surface area contributed by atoms with Crippen LogP contribution in [0.5, 0.6) is 0 Å². The average molecular weight is 285 g/mol. The molecule has 0 bridgehead atoms. The second kappa shape index (κ2) is 7.02. The van der Waals surface area contributed by atoms with Gasteiger partial charge in [0.1, 0.15) is 12.1 Å². The van der Waals surface area contributed by atoms with Gasteiger partial charge in [-0.15, -0.1) is 0 Å². The molecule has 3 N–H and O–H groups in total. The molecule has 0 saturated heterocycles. The lowest BCUT2D eigenvalue weighted by Gasteiger charge is -2.25. The summed E-state index contributed by atoms with van der Waals surface area (Å²) in [7, 11) is 0. The first-order valence-corrected chi connectivity index (χ1v) is 6.79. The van der Waals surface area contributed by atoms with Gasteiger partial charge in [-0.25, -0.2) is 4.79 Å². The van der Waals surface area contributed by atoms with Crippen molar-refractivity contribution in [2.75, 3.05) is 6.61 Å². The summed E-state index contributed by atoms with van der Waals surface area (Å²) >= 11 is 0. The van der Waals surface area contributed by atoms with Crippen LogP contribution in [0.15, 0.2) is 60.7 Å². The number of esters is 1. The fourth-order valence-corrected chi connectivity index (χ4v) is 2.02. The van der Waals surface area contributed by atoms with Gasteiger partial charge in [0.05, 0.1) is 6.61 Å². The number of ether oxygens (including phenoxy) is 1. The lowest BCUT2D eigenvalue weighted by Crippen LogP contribution is -2.54. The molecule has 4 nitrogen and oxygen atoms in total. The summed E-state index contributed by atoms with van der Waals surface area (Å²) in [4.78, 5) is 12.2. The third-order valence-corrected chi connectivity index (χ3v) is 3.26. The SMILES string of the molecule is NC(CO)(Cc1ccccc1)C(=O)OCc1ccccc1. The molecule has 0 amide bonds. The number of hydrogen-bond donors (Lipinski definition) is 2. The third-order valence-electron chi connectivity index (χ3n) is 3.26. The molecule has 2 rings (SSSR count). The van der Waals surface area contributed by atoms with E-state index in [9.17, 15) is 9.90 Å². The van der Waals surface area contributed by atoms with Gasteiger partial charge in [-0.1, -0.05) is 60.7 Å². The van der Waals surface area contributed by atoms with Crippen LogP contribution in [0.3, 0.4) is 0 Å². The number of aliphatic hydroxyl groups excluding tert-OH is 1. The molecule has 1 atom stereocenters. The molecule has 2 aromatic carbocycles. The molecule has 0 aliphatic rings. The first-order valence-electron chi connectivity index (χ1n) is 6.79. The Morgan fingerprint density at radius 1 is 1.00 bits per heavy atom. The minimum atomic E-state index is -1.42. The summed E-state index contributed by atoms with van der Waals surface area (Å²) in [6.07, 6.45) is 0.234. The zero-order chi connectivity index (χ0) is 15.1. The minimum absolute atomic E-state index is 0.146. The Morgan fingerprint density at radius 2 is 1.52 bits per heavy atom. The second-order valence-corrected chi connectivity index (χ2v) is 5.04. The van der Waals surface area contributed by atoms with Gasteiger partial charge in [0, 0.05) is 6.42 Å². The Kier molecular flexibility index (Phi) is 5.09. The van der Waals surface area contributed by atoms with E-state index in [0.29, 0.717) is 0 Å². The van der Waals surface area contributed by atoms with Crippen molar-refractivity contribution < 1.29 is 14.6 Å². The number of aliphatic hydroxyl groups is 1. The second-order valence-electron chi connectivity index (χ2n) is 5.04. The number of nitrogens with two attached hydrogens (primary N) is 1. The highest BCUT2D eigenvalue weighted by atomic mass is 16.5. The maximum Gasteiger partial charge on any atom is 0.329 e. The van der Waals surface area contributed by atoms with E-state index in [1.54, 1.807) is 0 Å². The standard InChI is InChI=1S/C17H19NO3/c18-17(13-19,11-14-7-3-1-4-8-14)16(20)21-12-15-9-5-2-6-10-15/h1-10,19H,11-13,18H2. The molecule has 110 valence electrons. The molecule has 4 heteroatoms. The highest BCUT2D eigenvalue weighted by molar-refractivity contribution is 5.81. The smallest absolute Gasteiger partial charge is 0.329 e. The Bertz CT molecular complexity index is 571. The van der Waals surface area contributed by atoms with Crippen molar-refractivity contribution in [2.24, 2.45) is 5.73 Å². The summed E-state index contributed by atoms with van der Waals surface area (Å²) in [5.41, 5.74) is 6.35. The Hall–Kier alpha value is -2.17. The summed E-state index contributed by atoms with van der Waals surface area (Å²) in [5, 5.41) is 9.49. The van der Waals surface area contributed by atoms with Gasteiger partial charge in [-0.2, -0.15) is 0 Å². The molecule has 0 spiro atoms. The Balaban J connectivity index is 2.00. The van der Waals surface area contributed by atoms with Crippen LogP contribution in [-0.4, -0.2) is 23.2 Å². The van der Waals surface area contributed by atoms with Crippen LogP contribution >= 0.6 is 0 Å². The van der Waals surface area contributed by atoms with Crippen LogP contribution < -0.4 is 5.73 Å². The van der Waals surface area contributed by atoms with Gasteiger partial charge < -0.3 is 15.6 Å². The summed E-state index contributed by atoms with van der Waals surface area (Å²) in [5.74, 6) is -0.599. The highest BCUT2D eigenvalue weighted by Crippen LogP contribution is 2.14. The van der Waals surface area contributed by atoms with Crippen molar-refractivity contribution in [3.63, 3.8) is 0 Å². The first kappa shape index (κ1) is 15.2. The van der Waals surface area contributed by atoms with Gasteiger partial charge in [-0.05, 0) is 11.1 Å². The zero-order valence-corrected chi connectivity index (χ0v) is 11.7. The van der Waals surface area contributed by atoms with Crippen LogP contribution in [0.4, 0.5) is 0 Å². The monoisotopic (exact) mass is 285 g/mol. The fourth-order valence-electron chi connectivity index (χ4n) is 2.02. The quantitative estimate of drug-likeness (QED) is 0.792. The number of hydrogen-bond acceptors (Lipinski definition) is 4. The lowest BCUT2D eigenvalue weighted by molar-refractivity contribution is -0.153. The maximum atomic E-state index is 12.2. The van der Waals surface area contributed by atoms with E-state index in [0.717, 1.165) is 11.1 Å². The maximum absolute atomic E-state index is 12.2. The van der Waals surface area contributed by atoms with Crippen molar-refractivity contribution in [3.8, 4) is 0 Å². The molecular weight excluding hydrogens is 266 g/mol. The van der Waals surface area contributed by atoms with Crippen molar-refractivity contribution in [1.82, 2.24) is 0 Å². The van der Waals surface area contributed by atoms with E-state index in [1.807, 2.05) is 60.7 Å². The van der Waals surface area contributed by atoms with E-state index in [2.05, 4.69) is 0 Å². The van der Waals surface area contributed by atoms with Crippen molar-refractivity contribution in [1.29, 1.82) is 0 Å². The fraction of sp³-hybridized carbons (Fsp3) is 0.235. The van der Waals surface area contributed by atoms with Crippen LogP contribution in [0, 0.1) is 0 Å². The molecule has 0 heterocycles. The number of rotatable bonds is 6. The molecule has 0 aliphatic carbocycles. The molecular formula is C17H19NO3.